The molecule has 0 saturated carbocycles. The second-order valence-electron chi connectivity index (χ2n) is 11.1. The summed E-state index contributed by atoms with van der Waals surface area (Å²) in [6.07, 6.45) is 0. The van der Waals surface area contributed by atoms with E-state index in [0.29, 0.717) is 10.7 Å². The van der Waals surface area contributed by atoms with E-state index in [9.17, 15) is 18.0 Å². The van der Waals surface area contributed by atoms with Gasteiger partial charge < -0.3 is 10.2 Å². The topological polar surface area (TPSA) is 86.8 Å². The Morgan fingerprint density at radius 1 is 0.900 bits per heavy atom. The molecule has 0 spiro atoms. The van der Waals surface area contributed by atoms with Gasteiger partial charge in [0.1, 0.15) is 12.6 Å². The maximum absolute atomic E-state index is 14.0. The molecule has 0 aliphatic heterocycles. The third kappa shape index (κ3) is 8.08. The number of benzene rings is 3. The van der Waals surface area contributed by atoms with Gasteiger partial charge in [-0.3, -0.25) is 13.9 Å². The Morgan fingerprint density at radius 3 is 2.08 bits per heavy atom. The molecule has 7 nitrogen and oxygen atoms in total. The van der Waals surface area contributed by atoms with Crippen LogP contribution in [0.5, 0.6) is 0 Å². The molecule has 0 bridgehead atoms. The van der Waals surface area contributed by atoms with Crippen molar-refractivity contribution in [3.8, 4) is 0 Å². The smallest absolute Gasteiger partial charge is 0.264 e. The third-order valence-corrected chi connectivity index (χ3v) is 8.39. The molecule has 40 heavy (non-hydrogen) atoms. The molecule has 0 heterocycles. The minimum atomic E-state index is -4.11. The summed E-state index contributed by atoms with van der Waals surface area (Å²) in [5, 5.41) is 3.41. The van der Waals surface area contributed by atoms with Crippen molar-refractivity contribution in [1.29, 1.82) is 0 Å². The standard InChI is InChI=1S/C31H38ClN3O4S/c1-22(2)25-15-17-27(18-16-25)35(40(38,39)28-13-8-7-9-14-28)21-29(36)34(20-24-11-10-12-26(32)19-24)23(3)30(37)33-31(4,5)6/h7-19,22-23H,20-21H2,1-6H3,(H,33,37)/t23-/m1/s1. The van der Waals surface area contributed by atoms with Crippen LogP contribution >= 0.6 is 11.6 Å². The number of carbonyl (C=O) groups excluding carboxylic acids is 2. The van der Waals surface area contributed by atoms with Gasteiger partial charge in [0.2, 0.25) is 11.8 Å². The summed E-state index contributed by atoms with van der Waals surface area (Å²) in [4.78, 5) is 28.6. The number of rotatable bonds is 10. The molecule has 1 atom stereocenters. The molecule has 0 saturated heterocycles. The Kier molecular flexibility index (Phi) is 10.0. The Morgan fingerprint density at radius 2 is 1.52 bits per heavy atom. The van der Waals surface area contributed by atoms with Crippen LogP contribution in [0.1, 0.15) is 58.6 Å². The highest BCUT2D eigenvalue weighted by molar-refractivity contribution is 7.92. The molecule has 3 aromatic carbocycles. The van der Waals surface area contributed by atoms with E-state index in [1.807, 2.05) is 39.0 Å². The Bertz CT molecular complexity index is 1420. The number of carbonyl (C=O) groups is 2. The molecule has 1 N–H and O–H groups in total. The Balaban J connectivity index is 2.04. The predicted octanol–water partition coefficient (Wildman–Crippen LogP) is 5.99. The highest BCUT2D eigenvalue weighted by atomic mass is 35.5. The molecule has 0 fully saturated rings. The van der Waals surface area contributed by atoms with Crippen molar-refractivity contribution in [3.63, 3.8) is 0 Å². The van der Waals surface area contributed by atoms with Gasteiger partial charge in [0.15, 0.2) is 0 Å². The average molecular weight is 584 g/mol. The summed E-state index contributed by atoms with van der Waals surface area (Å²) in [7, 11) is -4.11. The van der Waals surface area contributed by atoms with Crippen LogP contribution in [-0.4, -0.2) is 43.3 Å². The van der Waals surface area contributed by atoms with Crippen LogP contribution in [0.2, 0.25) is 5.02 Å². The molecule has 9 heteroatoms. The lowest BCUT2D eigenvalue weighted by molar-refractivity contribution is -0.140. The molecule has 3 aromatic rings. The van der Waals surface area contributed by atoms with E-state index in [2.05, 4.69) is 19.2 Å². The summed E-state index contributed by atoms with van der Waals surface area (Å²) in [5.41, 5.74) is 1.60. The summed E-state index contributed by atoms with van der Waals surface area (Å²) >= 11 is 6.19. The molecule has 0 unspecified atom stereocenters. The molecular weight excluding hydrogens is 546 g/mol. The van der Waals surface area contributed by atoms with Gasteiger partial charge in [-0.25, -0.2) is 8.42 Å². The van der Waals surface area contributed by atoms with Gasteiger partial charge in [-0.1, -0.05) is 67.9 Å². The molecule has 214 valence electrons. The summed E-state index contributed by atoms with van der Waals surface area (Å²) in [5.74, 6) is -0.615. The van der Waals surface area contributed by atoms with Crippen molar-refractivity contribution >= 4 is 39.1 Å². The number of anilines is 1. The Hall–Kier alpha value is -3.36. The minimum Gasteiger partial charge on any atom is -0.350 e. The lowest BCUT2D eigenvalue weighted by Gasteiger charge is -2.33. The maximum Gasteiger partial charge on any atom is 0.264 e. The highest BCUT2D eigenvalue weighted by Gasteiger charge is 2.33. The number of nitrogens with zero attached hydrogens (tertiary/aromatic N) is 2. The van der Waals surface area contributed by atoms with Crippen LogP contribution in [0.4, 0.5) is 5.69 Å². The van der Waals surface area contributed by atoms with E-state index in [-0.39, 0.29) is 23.3 Å². The predicted molar refractivity (Wildman–Crippen MR) is 161 cm³/mol. The van der Waals surface area contributed by atoms with Gasteiger partial charge in [0.05, 0.1) is 10.6 Å². The first-order valence-corrected chi connectivity index (χ1v) is 15.0. The van der Waals surface area contributed by atoms with E-state index >= 15 is 0 Å². The second-order valence-corrected chi connectivity index (χ2v) is 13.4. The zero-order chi connectivity index (χ0) is 29.7. The SMILES string of the molecule is CC(C)c1ccc(N(CC(=O)N(Cc2cccc(Cl)c2)[C@H](C)C(=O)NC(C)(C)C)S(=O)(=O)c2ccccc2)cc1. The summed E-state index contributed by atoms with van der Waals surface area (Å²) < 4.78 is 28.8. The largest absolute Gasteiger partial charge is 0.350 e. The fraction of sp³-hybridized carbons (Fsp3) is 0.355. The number of sulfonamides is 1. The lowest BCUT2D eigenvalue weighted by Crippen LogP contribution is -2.54. The molecule has 0 radical (unpaired) electrons. The van der Waals surface area contributed by atoms with Gasteiger partial charge in [-0.05, 0) is 81.1 Å². The van der Waals surface area contributed by atoms with Gasteiger partial charge in [0, 0.05) is 17.1 Å². The number of nitrogens with one attached hydrogen (secondary N) is 1. The van der Waals surface area contributed by atoms with Gasteiger partial charge in [0.25, 0.3) is 10.0 Å². The molecule has 0 aromatic heterocycles. The quantitative estimate of drug-likeness (QED) is 0.317. The van der Waals surface area contributed by atoms with E-state index in [0.717, 1.165) is 15.4 Å². The van der Waals surface area contributed by atoms with E-state index < -0.39 is 34.1 Å². The van der Waals surface area contributed by atoms with E-state index in [1.165, 1.54) is 17.0 Å². The number of amides is 2. The van der Waals surface area contributed by atoms with Gasteiger partial charge >= 0.3 is 0 Å². The fourth-order valence-corrected chi connectivity index (χ4v) is 5.81. The van der Waals surface area contributed by atoms with Crippen molar-refractivity contribution in [2.75, 3.05) is 10.8 Å². The van der Waals surface area contributed by atoms with Crippen molar-refractivity contribution in [2.24, 2.45) is 0 Å². The van der Waals surface area contributed by atoms with Crippen LogP contribution in [0, 0.1) is 0 Å². The van der Waals surface area contributed by atoms with Crippen LogP contribution in [0.25, 0.3) is 0 Å². The summed E-state index contributed by atoms with van der Waals surface area (Å²) in [6.45, 7) is 10.9. The molecule has 0 aliphatic rings. The normalized spacial score (nSPS) is 12.6. The summed E-state index contributed by atoms with van der Waals surface area (Å²) in [6, 6.07) is 21.3. The molecule has 2 amide bonds. The van der Waals surface area contributed by atoms with Crippen molar-refractivity contribution in [3.05, 3.63) is 95.0 Å². The first kappa shape index (κ1) is 31.2. The number of halogens is 1. The fourth-order valence-electron chi connectivity index (χ4n) is 4.16. The van der Waals surface area contributed by atoms with Crippen molar-refractivity contribution < 1.29 is 18.0 Å². The highest BCUT2D eigenvalue weighted by Crippen LogP contribution is 2.27. The lowest BCUT2D eigenvalue weighted by atomic mass is 10.0. The maximum atomic E-state index is 14.0. The third-order valence-electron chi connectivity index (χ3n) is 6.37. The van der Waals surface area contributed by atoms with Gasteiger partial charge in [-0.2, -0.15) is 0 Å². The minimum absolute atomic E-state index is 0.0654. The van der Waals surface area contributed by atoms with Crippen molar-refractivity contribution in [1.82, 2.24) is 10.2 Å². The van der Waals surface area contributed by atoms with E-state index in [1.54, 1.807) is 55.5 Å². The molecule has 3 rings (SSSR count). The zero-order valence-electron chi connectivity index (χ0n) is 23.9. The number of hydrogen-bond donors (Lipinski definition) is 1. The van der Waals surface area contributed by atoms with Crippen LogP contribution in [0.3, 0.4) is 0 Å². The average Bonchev–Trinajstić information content (AvgIpc) is 2.89. The second kappa shape index (κ2) is 12.9. The first-order chi connectivity index (χ1) is 18.7. The molecule has 0 aliphatic carbocycles. The monoisotopic (exact) mass is 583 g/mol. The van der Waals surface area contributed by atoms with E-state index in [4.69, 9.17) is 11.6 Å². The van der Waals surface area contributed by atoms with Crippen LogP contribution in [0.15, 0.2) is 83.8 Å². The van der Waals surface area contributed by atoms with Crippen LogP contribution in [-0.2, 0) is 26.2 Å². The van der Waals surface area contributed by atoms with Crippen LogP contribution < -0.4 is 9.62 Å². The Labute approximate surface area is 243 Å². The zero-order valence-corrected chi connectivity index (χ0v) is 25.5. The molecular formula is C31H38ClN3O4S. The van der Waals surface area contributed by atoms with Crippen molar-refractivity contribution in [2.45, 2.75) is 70.5 Å². The number of hydrogen-bond acceptors (Lipinski definition) is 4. The first-order valence-electron chi connectivity index (χ1n) is 13.2. The van der Waals surface area contributed by atoms with Gasteiger partial charge in [-0.15, -0.1) is 0 Å².